The van der Waals surface area contributed by atoms with Gasteiger partial charge >= 0.3 is 0 Å². The molecular formula is C18H28O4S. The van der Waals surface area contributed by atoms with Crippen molar-refractivity contribution in [2.24, 2.45) is 0 Å². The fraction of sp³-hybridized carbons (Fsp3) is 0.556. The Morgan fingerprint density at radius 2 is 1.52 bits per heavy atom. The molecule has 2 N–H and O–H groups in total. The van der Waals surface area contributed by atoms with Crippen LogP contribution in [0.3, 0.4) is 0 Å². The number of phenolic OH excluding ortho intramolecular Hbond substituents is 2. The van der Waals surface area contributed by atoms with Crippen LogP contribution in [0.1, 0.15) is 63.9 Å². The summed E-state index contributed by atoms with van der Waals surface area (Å²) in [6.07, 6.45) is 10.4. The summed E-state index contributed by atoms with van der Waals surface area (Å²) in [4.78, 5) is 0. The standard InChI is InChI=1S/C18H28O4S/c1-2-3-4-5-6-7-8-9-13-23(21,22)14-12-16-10-11-17(19)18(20)15-16/h10-12,14-15,19-20H,2-9,13H2,1H3/b14-12+. The topological polar surface area (TPSA) is 74.6 Å². The number of unbranched alkanes of at least 4 members (excludes halogenated alkanes) is 7. The summed E-state index contributed by atoms with van der Waals surface area (Å²) in [6.45, 7) is 2.19. The molecule has 0 aliphatic heterocycles. The van der Waals surface area contributed by atoms with E-state index in [1.54, 1.807) is 6.07 Å². The Labute approximate surface area is 139 Å². The summed E-state index contributed by atoms with van der Waals surface area (Å²) in [6, 6.07) is 4.22. The van der Waals surface area contributed by atoms with Crippen molar-refractivity contribution >= 4 is 15.9 Å². The lowest BCUT2D eigenvalue weighted by molar-refractivity contribution is 0.403. The highest BCUT2D eigenvalue weighted by molar-refractivity contribution is 7.94. The van der Waals surface area contributed by atoms with Gasteiger partial charge in [0.25, 0.3) is 0 Å². The molecule has 0 fully saturated rings. The smallest absolute Gasteiger partial charge is 0.171 e. The number of hydrogen-bond donors (Lipinski definition) is 2. The lowest BCUT2D eigenvalue weighted by Crippen LogP contribution is -2.01. The van der Waals surface area contributed by atoms with Crippen LogP contribution in [-0.2, 0) is 9.84 Å². The second-order valence-electron chi connectivity index (χ2n) is 5.89. The van der Waals surface area contributed by atoms with E-state index in [2.05, 4.69) is 6.92 Å². The molecule has 0 atom stereocenters. The van der Waals surface area contributed by atoms with E-state index >= 15 is 0 Å². The molecule has 1 rings (SSSR count). The maximum Gasteiger partial charge on any atom is 0.171 e. The molecule has 5 heteroatoms. The highest BCUT2D eigenvalue weighted by Crippen LogP contribution is 2.25. The van der Waals surface area contributed by atoms with Gasteiger partial charge in [-0.25, -0.2) is 8.42 Å². The number of benzene rings is 1. The minimum Gasteiger partial charge on any atom is -0.504 e. The van der Waals surface area contributed by atoms with Crippen molar-refractivity contribution in [3.63, 3.8) is 0 Å². The van der Waals surface area contributed by atoms with E-state index in [1.807, 2.05) is 0 Å². The van der Waals surface area contributed by atoms with E-state index in [4.69, 9.17) is 0 Å². The van der Waals surface area contributed by atoms with E-state index in [1.165, 1.54) is 55.7 Å². The van der Waals surface area contributed by atoms with Crippen molar-refractivity contribution in [1.82, 2.24) is 0 Å². The van der Waals surface area contributed by atoms with Crippen LogP contribution in [0.4, 0.5) is 0 Å². The molecule has 1 aromatic carbocycles. The predicted octanol–water partition coefficient (Wildman–Crippen LogP) is 4.62. The van der Waals surface area contributed by atoms with Gasteiger partial charge in [-0.3, -0.25) is 0 Å². The average Bonchev–Trinajstić information content (AvgIpc) is 2.51. The fourth-order valence-electron chi connectivity index (χ4n) is 2.33. The molecule has 23 heavy (non-hydrogen) atoms. The van der Waals surface area contributed by atoms with Crippen LogP contribution in [0.5, 0.6) is 11.5 Å². The first-order valence-corrected chi connectivity index (χ1v) is 10.1. The maximum atomic E-state index is 11.9. The van der Waals surface area contributed by atoms with E-state index in [0.717, 1.165) is 12.8 Å². The third-order valence-electron chi connectivity index (χ3n) is 3.75. The second kappa shape index (κ2) is 10.3. The first kappa shape index (κ1) is 19.6. The molecule has 1 aromatic rings. The number of sulfone groups is 1. The summed E-state index contributed by atoms with van der Waals surface area (Å²) in [5, 5.41) is 19.8. The SMILES string of the molecule is CCCCCCCCCCS(=O)(=O)/C=C/c1ccc(O)c(O)c1. The Morgan fingerprint density at radius 1 is 0.913 bits per heavy atom. The average molecular weight is 340 g/mol. The maximum absolute atomic E-state index is 11.9. The highest BCUT2D eigenvalue weighted by Gasteiger charge is 2.06. The summed E-state index contributed by atoms with van der Waals surface area (Å²) < 4.78 is 23.9. The Hall–Kier alpha value is -1.49. The Morgan fingerprint density at radius 3 is 2.13 bits per heavy atom. The molecular weight excluding hydrogens is 312 g/mol. The summed E-state index contributed by atoms with van der Waals surface area (Å²) >= 11 is 0. The first-order chi connectivity index (χ1) is 10.9. The lowest BCUT2D eigenvalue weighted by Gasteiger charge is -2.02. The Balaban J connectivity index is 2.30. The molecule has 130 valence electrons. The summed E-state index contributed by atoms with van der Waals surface area (Å²) in [5.41, 5.74) is 0.541. The molecule has 0 radical (unpaired) electrons. The van der Waals surface area contributed by atoms with E-state index in [-0.39, 0.29) is 17.3 Å². The van der Waals surface area contributed by atoms with Crippen LogP contribution in [-0.4, -0.2) is 24.4 Å². The molecule has 0 aliphatic rings. The zero-order chi connectivity index (χ0) is 17.1. The predicted molar refractivity (Wildman–Crippen MR) is 95.2 cm³/mol. The number of aromatic hydroxyl groups is 2. The molecule has 0 heterocycles. The normalized spacial score (nSPS) is 12.0. The van der Waals surface area contributed by atoms with Gasteiger partial charge in [0.15, 0.2) is 21.3 Å². The van der Waals surface area contributed by atoms with Crippen LogP contribution < -0.4 is 0 Å². The van der Waals surface area contributed by atoms with Gasteiger partial charge in [0, 0.05) is 5.41 Å². The number of rotatable bonds is 11. The Bertz CT molecular complexity index is 591. The molecule has 4 nitrogen and oxygen atoms in total. The van der Waals surface area contributed by atoms with Crippen molar-refractivity contribution in [3.05, 3.63) is 29.2 Å². The molecule has 0 saturated heterocycles. The third kappa shape index (κ3) is 8.65. The monoisotopic (exact) mass is 340 g/mol. The summed E-state index contributed by atoms with van der Waals surface area (Å²) in [5.74, 6) is -0.320. The van der Waals surface area contributed by atoms with Crippen molar-refractivity contribution < 1.29 is 18.6 Å². The van der Waals surface area contributed by atoms with Gasteiger partial charge in [-0.1, -0.05) is 57.9 Å². The number of phenols is 2. The molecule has 0 aromatic heterocycles. The minimum absolute atomic E-state index is 0.155. The van der Waals surface area contributed by atoms with E-state index in [9.17, 15) is 18.6 Å². The Kier molecular flexibility index (Phi) is 8.77. The molecule has 0 amide bonds. The van der Waals surface area contributed by atoms with Crippen molar-refractivity contribution in [3.8, 4) is 11.5 Å². The van der Waals surface area contributed by atoms with Gasteiger partial charge in [0.05, 0.1) is 5.75 Å². The fourth-order valence-corrected chi connectivity index (χ4v) is 3.44. The van der Waals surface area contributed by atoms with Crippen LogP contribution in [0.25, 0.3) is 6.08 Å². The van der Waals surface area contributed by atoms with Crippen LogP contribution in [0.15, 0.2) is 23.6 Å². The highest BCUT2D eigenvalue weighted by atomic mass is 32.2. The van der Waals surface area contributed by atoms with Crippen molar-refractivity contribution in [1.29, 1.82) is 0 Å². The largest absolute Gasteiger partial charge is 0.504 e. The number of hydrogen-bond acceptors (Lipinski definition) is 4. The zero-order valence-corrected chi connectivity index (χ0v) is 14.7. The van der Waals surface area contributed by atoms with Gasteiger partial charge in [-0.2, -0.15) is 0 Å². The lowest BCUT2D eigenvalue weighted by atomic mass is 10.1. The molecule has 0 spiro atoms. The van der Waals surface area contributed by atoms with Crippen molar-refractivity contribution in [2.75, 3.05) is 5.75 Å². The van der Waals surface area contributed by atoms with E-state index < -0.39 is 9.84 Å². The summed E-state index contributed by atoms with van der Waals surface area (Å²) in [7, 11) is -3.23. The van der Waals surface area contributed by atoms with Gasteiger partial charge in [-0.05, 0) is 30.2 Å². The molecule has 0 aliphatic carbocycles. The second-order valence-corrected chi connectivity index (χ2v) is 7.90. The van der Waals surface area contributed by atoms with Crippen molar-refractivity contribution in [2.45, 2.75) is 58.3 Å². The van der Waals surface area contributed by atoms with Gasteiger partial charge < -0.3 is 10.2 Å². The van der Waals surface area contributed by atoms with Crippen LogP contribution in [0, 0.1) is 0 Å². The van der Waals surface area contributed by atoms with Crippen LogP contribution in [0.2, 0.25) is 0 Å². The quantitative estimate of drug-likeness (QED) is 0.455. The van der Waals surface area contributed by atoms with Gasteiger partial charge in [-0.15, -0.1) is 0 Å². The van der Waals surface area contributed by atoms with Crippen LogP contribution >= 0.6 is 0 Å². The van der Waals surface area contributed by atoms with Gasteiger partial charge in [0.2, 0.25) is 0 Å². The minimum atomic E-state index is -3.23. The molecule has 0 unspecified atom stereocenters. The molecule has 0 saturated carbocycles. The van der Waals surface area contributed by atoms with Gasteiger partial charge in [0.1, 0.15) is 0 Å². The zero-order valence-electron chi connectivity index (χ0n) is 13.9. The van der Waals surface area contributed by atoms with E-state index in [0.29, 0.717) is 12.0 Å². The molecule has 0 bridgehead atoms. The third-order valence-corrected chi connectivity index (χ3v) is 5.16. The first-order valence-electron chi connectivity index (χ1n) is 8.37.